The van der Waals surface area contributed by atoms with Gasteiger partial charge in [-0.2, -0.15) is 5.10 Å². The van der Waals surface area contributed by atoms with E-state index in [1.807, 2.05) is 42.8 Å². The van der Waals surface area contributed by atoms with Crippen molar-refractivity contribution in [2.24, 2.45) is 0 Å². The molecule has 4 aromatic rings. The molecule has 0 bridgehead atoms. The minimum absolute atomic E-state index is 0.149. The summed E-state index contributed by atoms with van der Waals surface area (Å²) in [5, 5.41) is 11.2. The summed E-state index contributed by atoms with van der Waals surface area (Å²) in [6, 6.07) is 16.3. The third-order valence-corrected chi connectivity index (χ3v) is 4.77. The Hall–Kier alpha value is -4.07. The lowest BCUT2D eigenvalue weighted by Crippen LogP contribution is -2.12. The number of rotatable bonds is 6. The monoisotopic (exact) mass is 418 g/mol. The van der Waals surface area contributed by atoms with E-state index in [9.17, 15) is 4.79 Å². The lowest BCUT2D eigenvalue weighted by molar-refractivity contribution is 0.101. The Bertz CT molecular complexity index is 1240. The molecule has 2 aromatic heterocycles. The quantitative estimate of drug-likeness (QED) is 0.499. The summed E-state index contributed by atoms with van der Waals surface area (Å²) in [6.07, 6.45) is 0. The topological polar surface area (TPSA) is 91.4 Å². The van der Waals surface area contributed by atoms with Crippen molar-refractivity contribution >= 4 is 11.6 Å². The van der Waals surface area contributed by atoms with Gasteiger partial charge >= 0.3 is 0 Å². The third kappa shape index (κ3) is 4.13. The molecule has 2 aromatic carbocycles. The van der Waals surface area contributed by atoms with Crippen LogP contribution in [0.2, 0.25) is 0 Å². The predicted molar refractivity (Wildman–Crippen MR) is 116 cm³/mol. The second-order valence-electron chi connectivity index (χ2n) is 6.99. The van der Waals surface area contributed by atoms with Crippen LogP contribution in [0.1, 0.15) is 21.9 Å². The van der Waals surface area contributed by atoms with Gasteiger partial charge in [0, 0.05) is 17.4 Å². The average molecular weight is 418 g/mol. The summed E-state index contributed by atoms with van der Waals surface area (Å²) >= 11 is 0. The van der Waals surface area contributed by atoms with Crippen molar-refractivity contribution in [3.63, 3.8) is 0 Å². The number of carbonyl (C=O) groups excluding carboxylic acids is 1. The van der Waals surface area contributed by atoms with E-state index in [1.54, 1.807) is 44.6 Å². The highest BCUT2D eigenvalue weighted by Crippen LogP contribution is 2.33. The molecule has 8 heteroatoms. The van der Waals surface area contributed by atoms with Crippen LogP contribution in [0.5, 0.6) is 11.5 Å². The van der Waals surface area contributed by atoms with Gasteiger partial charge in [-0.25, -0.2) is 4.68 Å². The SMILES string of the molecule is COc1ccc(OC)c(-c2cc(C(=O)Nc3cccc(-n4nc(C)cc4C)c3)no2)c1. The Balaban J connectivity index is 1.57. The molecule has 0 aliphatic heterocycles. The molecule has 0 spiro atoms. The number of nitrogens with one attached hydrogen (secondary N) is 1. The van der Waals surface area contributed by atoms with Gasteiger partial charge < -0.3 is 19.3 Å². The molecule has 1 amide bonds. The Morgan fingerprint density at radius 3 is 2.58 bits per heavy atom. The maximum atomic E-state index is 12.7. The highest BCUT2D eigenvalue weighted by Gasteiger charge is 2.18. The summed E-state index contributed by atoms with van der Waals surface area (Å²) < 4.78 is 17.9. The molecular formula is C23H22N4O4. The first kappa shape index (κ1) is 20.2. The average Bonchev–Trinajstić information content (AvgIpc) is 3.40. The van der Waals surface area contributed by atoms with Crippen LogP contribution < -0.4 is 14.8 Å². The number of anilines is 1. The van der Waals surface area contributed by atoms with E-state index in [0.717, 1.165) is 17.1 Å². The molecule has 2 heterocycles. The van der Waals surface area contributed by atoms with E-state index >= 15 is 0 Å². The van der Waals surface area contributed by atoms with Crippen molar-refractivity contribution < 1.29 is 18.8 Å². The first-order valence-electron chi connectivity index (χ1n) is 9.62. The van der Waals surface area contributed by atoms with Gasteiger partial charge in [-0.15, -0.1) is 0 Å². The fourth-order valence-corrected chi connectivity index (χ4v) is 3.32. The molecule has 0 saturated heterocycles. The van der Waals surface area contributed by atoms with Gasteiger partial charge in [0.2, 0.25) is 0 Å². The van der Waals surface area contributed by atoms with Crippen molar-refractivity contribution in [3.05, 3.63) is 71.7 Å². The number of aryl methyl sites for hydroxylation is 2. The molecule has 0 fully saturated rings. The molecule has 31 heavy (non-hydrogen) atoms. The van der Waals surface area contributed by atoms with Crippen LogP contribution in [0.15, 0.2) is 59.1 Å². The van der Waals surface area contributed by atoms with Gasteiger partial charge in [0.1, 0.15) is 11.5 Å². The molecular weight excluding hydrogens is 396 g/mol. The normalized spacial score (nSPS) is 10.7. The minimum Gasteiger partial charge on any atom is -0.497 e. The van der Waals surface area contributed by atoms with E-state index in [1.165, 1.54) is 0 Å². The minimum atomic E-state index is -0.387. The van der Waals surface area contributed by atoms with E-state index in [4.69, 9.17) is 14.0 Å². The molecule has 0 atom stereocenters. The maximum absolute atomic E-state index is 12.7. The standard InChI is InChI=1S/C23H22N4O4/c1-14-10-15(2)27(25-14)17-7-5-6-16(11-17)24-23(28)20-13-22(31-26-20)19-12-18(29-3)8-9-21(19)30-4/h5-13H,1-4H3,(H,24,28). The second-order valence-corrected chi connectivity index (χ2v) is 6.99. The van der Waals surface area contributed by atoms with Crippen molar-refractivity contribution in [1.82, 2.24) is 14.9 Å². The van der Waals surface area contributed by atoms with Crippen molar-refractivity contribution in [2.45, 2.75) is 13.8 Å². The third-order valence-electron chi connectivity index (χ3n) is 4.77. The first-order valence-corrected chi connectivity index (χ1v) is 9.62. The molecule has 8 nitrogen and oxygen atoms in total. The van der Waals surface area contributed by atoms with Crippen LogP contribution in [0.25, 0.3) is 17.0 Å². The van der Waals surface area contributed by atoms with Crippen molar-refractivity contribution in [1.29, 1.82) is 0 Å². The van der Waals surface area contributed by atoms with Crippen LogP contribution >= 0.6 is 0 Å². The number of carbonyl (C=O) groups is 1. The number of amides is 1. The largest absolute Gasteiger partial charge is 0.497 e. The van der Waals surface area contributed by atoms with Gasteiger partial charge in [-0.05, 0) is 56.3 Å². The smallest absolute Gasteiger partial charge is 0.277 e. The Kier molecular flexibility index (Phi) is 5.44. The second kappa shape index (κ2) is 8.35. The summed E-state index contributed by atoms with van der Waals surface area (Å²) in [5.74, 6) is 1.24. The lowest BCUT2D eigenvalue weighted by atomic mass is 10.1. The molecule has 0 aliphatic carbocycles. The molecule has 0 unspecified atom stereocenters. The highest BCUT2D eigenvalue weighted by atomic mass is 16.5. The van der Waals surface area contributed by atoms with E-state index in [2.05, 4.69) is 15.6 Å². The fraction of sp³-hybridized carbons (Fsp3) is 0.174. The molecule has 158 valence electrons. The zero-order chi connectivity index (χ0) is 22.0. The Morgan fingerprint density at radius 2 is 1.87 bits per heavy atom. The number of hydrogen-bond donors (Lipinski definition) is 1. The number of hydrogen-bond acceptors (Lipinski definition) is 6. The van der Waals surface area contributed by atoms with Crippen LogP contribution in [0.3, 0.4) is 0 Å². The molecule has 4 rings (SSSR count). The van der Waals surface area contributed by atoms with Crippen LogP contribution in [-0.4, -0.2) is 35.1 Å². The van der Waals surface area contributed by atoms with Crippen LogP contribution in [-0.2, 0) is 0 Å². The lowest BCUT2D eigenvalue weighted by Gasteiger charge is -2.08. The molecule has 0 saturated carbocycles. The van der Waals surface area contributed by atoms with Gasteiger partial charge in [0.15, 0.2) is 11.5 Å². The van der Waals surface area contributed by atoms with E-state index in [-0.39, 0.29) is 11.6 Å². The zero-order valence-corrected chi connectivity index (χ0v) is 17.7. The summed E-state index contributed by atoms with van der Waals surface area (Å²) in [6.45, 7) is 3.92. The highest BCUT2D eigenvalue weighted by molar-refractivity contribution is 6.03. The number of ether oxygens (including phenoxy) is 2. The van der Waals surface area contributed by atoms with E-state index in [0.29, 0.717) is 28.5 Å². The summed E-state index contributed by atoms with van der Waals surface area (Å²) in [7, 11) is 3.14. The van der Waals surface area contributed by atoms with Crippen molar-refractivity contribution in [3.8, 4) is 28.5 Å². The van der Waals surface area contributed by atoms with E-state index < -0.39 is 0 Å². The number of aromatic nitrogens is 3. The maximum Gasteiger partial charge on any atom is 0.277 e. The van der Waals surface area contributed by atoms with Crippen LogP contribution in [0, 0.1) is 13.8 Å². The van der Waals surface area contributed by atoms with Gasteiger partial charge in [-0.3, -0.25) is 4.79 Å². The number of benzene rings is 2. The summed E-state index contributed by atoms with van der Waals surface area (Å²) in [5.41, 5.74) is 4.20. The molecule has 0 radical (unpaired) electrons. The first-order chi connectivity index (χ1) is 15.0. The Labute approximate surface area is 179 Å². The Morgan fingerprint density at radius 1 is 1.03 bits per heavy atom. The zero-order valence-electron chi connectivity index (χ0n) is 17.7. The van der Waals surface area contributed by atoms with Gasteiger partial charge in [-0.1, -0.05) is 11.2 Å². The van der Waals surface area contributed by atoms with Gasteiger partial charge in [0.25, 0.3) is 5.91 Å². The number of methoxy groups -OCH3 is 2. The molecule has 0 aliphatic rings. The van der Waals surface area contributed by atoms with Crippen molar-refractivity contribution in [2.75, 3.05) is 19.5 Å². The summed E-state index contributed by atoms with van der Waals surface area (Å²) in [4.78, 5) is 12.7. The fourth-order valence-electron chi connectivity index (χ4n) is 3.32. The number of nitrogens with zero attached hydrogens (tertiary/aromatic N) is 3. The van der Waals surface area contributed by atoms with Crippen LogP contribution in [0.4, 0.5) is 5.69 Å². The molecule has 1 N–H and O–H groups in total. The predicted octanol–water partition coefficient (Wildman–Crippen LogP) is 4.41. The van der Waals surface area contributed by atoms with Gasteiger partial charge in [0.05, 0.1) is 31.2 Å².